The molecule has 0 heteroatoms. The Morgan fingerprint density at radius 2 is 1.50 bits per heavy atom. The second-order valence-electron chi connectivity index (χ2n) is 6.67. The van der Waals surface area contributed by atoms with E-state index in [1.54, 1.807) is 5.56 Å². The molecule has 0 amide bonds. The lowest BCUT2D eigenvalue weighted by molar-refractivity contribution is 0.521. The first kappa shape index (κ1) is 17.3. The van der Waals surface area contributed by atoms with Gasteiger partial charge in [0.2, 0.25) is 0 Å². The summed E-state index contributed by atoms with van der Waals surface area (Å²) in [6.07, 6.45) is 10.7. The Bertz CT molecular complexity index is 334. The van der Waals surface area contributed by atoms with Gasteiger partial charge in [-0.25, -0.2) is 0 Å². The molecule has 0 heterocycles. The van der Waals surface area contributed by atoms with Crippen molar-refractivity contribution in [3.63, 3.8) is 0 Å². The van der Waals surface area contributed by atoms with E-state index in [9.17, 15) is 0 Å². The number of rotatable bonds is 10. The molecule has 0 aliphatic carbocycles. The van der Waals surface area contributed by atoms with Crippen molar-refractivity contribution in [2.45, 2.75) is 85.0 Å². The molecule has 1 rings (SSSR count). The van der Waals surface area contributed by atoms with Crippen LogP contribution in [0.2, 0.25) is 0 Å². The predicted molar refractivity (Wildman–Crippen MR) is 91.4 cm³/mol. The van der Waals surface area contributed by atoms with E-state index in [2.05, 4.69) is 52.0 Å². The van der Waals surface area contributed by atoms with Crippen LogP contribution in [0.4, 0.5) is 0 Å². The fourth-order valence-corrected chi connectivity index (χ4v) is 3.04. The van der Waals surface area contributed by atoms with Crippen LogP contribution < -0.4 is 0 Å². The summed E-state index contributed by atoms with van der Waals surface area (Å²) in [6.45, 7) is 9.19. The normalized spacial score (nSPS) is 12.8. The summed E-state index contributed by atoms with van der Waals surface area (Å²) in [4.78, 5) is 0. The Kier molecular flexibility index (Phi) is 8.65. The van der Waals surface area contributed by atoms with Crippen LogP contribution in [-0.4, -0.2) is 0 Å². The van der Waals surface area contributed by atoms with Gasteiger partial charge < -0.3 is 0 Å². The first-order valence-corrected chi connectivity index (χ1v) is 8.76. The molecule has 1 unspecified atom stereocenters. The molecule has 0 aliphatic rings. The summed E-state index contributed by atoms with van der Waals surface area (Å²) < 4.78 is 0. The lowest BCUT2D eigenvalue weighted by Gasteiger charge is -2.17. The molecule has 0 aromatic heterocycles. The average molecular weight is 274 g/mol. The molecule has 20 heavy (non-hydrogen) atoms. The SMILES string of the molecule is CCCCCCC(CCC)c1ccc(CC(C)C)cc1. The summed E-state index contributed by atoms with van der Waals surface area (Å²) >= 11 is 0. The van der Waals surface area contributed by atoms with Gasteiger partial charge in [0.25, 0.3) is 0 Å². The molecular formula is C20H34. The third-order valence-corrected chi connectivity index (χ3v) is 4.14. The van der Waals surface area contributed by atoms with E-state index in [4.69, 9.17) is 0 Å². The maximum Gasteiger partial charge on any atom is -0.0162 e. The van der Waals surface area contributed by atoms with Gasteiger partial charge in [-0.3, -0.25) is 0 Å². The maximum absolute atomic E-state index is 2.39. The summed E-state index contributed by atoms with van der Waals surface area (Å²) in [6, 6.07) is 9.48. The van der Waals surface area contributed by atoms with Gasteiger partial charge in [0.05, 0.1) is 0 Å². The molecule has 0 nitrogen and oxygen atoms in total. The van der Waals surface area contributed by atoms with Gasteiger partial charge in [0.1, 0.15) is 0 Å². The molecule has 0 aliphatic heterocycles. The van der Waals surface area contributed by atoms with E-state index in [1.165, 1.54) is 56.9 Å². The van der Waals surface area contributed by atoms with Crippen LogP contribution >= 0.6 is 0 Å². The third-order valence-electron chi connectivity index (χ3n) is 4.14. The van der Waals surface area contributed by atoms with Crippen LogP contribution in [0.5, 0.6) is 0 Å². The predicted octanol–water partition coefficient (Wildman–Crippen LogP) is 6.74. The highest BCUT2D eigenvalue weighted by molar-refractivity contribution is 5.25. The van der Waals surface area contributed by atoms with E-state index in [0.717, 1.165) is 11.8 Å². The standard InChI is InChI=1S/C20H34/c1-5-7-8-9-11-19(10-6-2)20-14-12-18(13-15-20)16-17(3)4/h12-15,17,19H,5-11,16H2,1-4H3. The monoisotopic (exact) mass is 274 g/mol. The second kappa shape index (κ2) is 10.0. The van der Waals surface area contributed by atoms with Crippen LogP contribution in [0, 0.1) is 5.92 Å². The van der Waals surface area contributed by atoms with Gasteiger partial charge >= 0.3 is 0 Å². The largest absolute Gasteiger partial charge is 0.0654 e. The quantitative estimate of drug-likeness (QED) is 0.414. The van der Waals surface area contributed by atoms with E-state index in [0.29, 0.717) is 0 Å². The highest BCUT2D eigenvalue weighted by atomic mass is 14.2. The Morgan fingerprint density at radius 3 is 2.05 bits per heavy atom. The zero-order valence-corrected chi connectivity index (χ0v) is 14.1. The Hall–Kier alpha value is -0.780. The molecule has 0 N–H and O–H groups in total. The maximum atomic E-state index is 2.39. The first-order valence-electron chi connectivity index (χ1n) is 8.76. The summed E-state index contributed by atoms with van der Waals surface area (Å²) in [5.74, 6) is 1.53. The van der Waals surface area contributed by atoms with Gasteiger partial charge in [-0.15, -0.1) is 0 Å². The van der Waals surface area contributed by atoms with E-state index in [1.807, 2.05) is 0 Å². The summed E-state index contributed by atoms with van der Waals surface area (Å²) in [5.41, 5.74) is 3.06. The first-order chi connectivity index (χ1) is 9.67. The number of benzene rings is 1. The lowest BCUT2D eigenvalue weighted by Crippen LogP contribution is -2.00. The molecule has 0 spiro atoms. The average Bonchev–Trinajstić information content (AvgIpc) is 2.43. The molecule has 114 valence electrons. The van der Waals surface area contributed by atoms with Crippen molar-refractivity contribution in [1.29, 1.82) is 0 Å². The molecule has 0 fully saturated rings. The summed E-state index contributed by atoms with van der Waals surface area (Å²) in [5, 5.41) is 0. The highest BCUT2D eigenvalue weighted by Gasteiger charge is 2.10. The highest BCUT2D eigenvalue weighted by Crippen LogP contribution is 2.28. The molecule has 0 bridgehead atoms. The van der Waals surface area contributed by atoms with Crippen molar-refractivity contribution in [2.75, 3.05) is 0 Å². The zero-order valence-electron chi connectivity index (χ0n) is 14.1. The van der Waals surface area contributed by atoms with Crippen LogP contribution in [0.3, 0.4) is 0 Å². The fraction of sp³-hybridized carbons (Fsp3) is 0.700. The number of unbranched alkanes of at least 4 members (excludes halogenated alkanes) is 3. The smallest absolute Gasteiger partial charge is 0.0162 e. The summed E-state index contributed by atoms with van der Waals surface area (Å²) in [7, 11) is 0. The van der Waals surface area contributed by atoms with Crippen molar-refractivity contribution in [2.24, 2.45) is 5.92 Å². The molecule has 1 aromatic rings. The molecular weight excluding hydrogens is 240 g/mol. The van der Waals surface area contributed by atoms with Crippen molar-refractivity contribution < 1.29 is 0 Å². The van der Waals surface area contributed by atoms with Gasteiger partial charge in [-0.2, -0.15) is 0 Å². The minimum Gasteiger partial charge on any atom is -0.0654 e. The van der Waals surface area contributed by atoms with E-state index >= 15 is 0 Å². The molecule has 1 aromatic carbocycles. The molecule has 1 atom stereocenters. The lowest BCUT2D eigenvalue weighted by atomic mass is 9.88. The molecule has 0 radical (unpaired) electrons. The second-order valence-corrected chi connectivity index (χ2v) is 6.67. The van der Waals surface area contributed by atoms with Crippen LogP contribution in [0.1, 0.15) is 89.7 Å². The van der Waals surface area contributed by atoms with Gasteiger partial charge in [-0.05, 0) is 42.2 Å². The Labute approximate surface area is 127 Å². The van der Waals surface area contributed by atoms with Crippen LogP contribution in [-0.2, 0) is 6.42 Å². The number of hydrogen-bond donors (Lipinski definition) is 0. The third kappa shape index (κ3) is 6.59. The van der Waals surface area contributed by atoms with Gasteiger partial charge in [-0.1, -0.05) is 84.1 Å². The zero-order chi connectivity index (χ0) is 14.8. The fourth-order valence-electron chi connectivity index (χ4n) is 3.04. The minimum absolute atomic E-state index is 0.751. The van der Waals surface area contributed by atoms with Gasteiger partial charge in [0.15, 0.2) is 0 Å². The van der Waals surface area contributed by atoms with Crippen LogP contribution in [0.15, 0.2) is 24.3 Å². The van der Waals surface area contributed by atoms with Gasteiger partial charge in [0, 0.05) is 0 Å². The van der Waals surface area contributed by atoms with Crippen molar-refractivity contribution in [1.82, 2.24) is 0 Å². The van der Waals surface area contributed by atoms with Crippen molar-refractivity contribution >= 4 is 0 Å². The van der Waals surface area contributed by atoms with Crippen molar-refractivity contribution in [3.8, 4) is 0 Å². The molecule has 0 saturated heterocycles. The minimum atomic E-state index is 0.751. The Balaban J connectivity index is 2.56. The van der Waals surface area contributed by atoms with E-state index in [-0.39, 0.29) is 0 Å². The topological polar surface area (TPSA) is 0 Å². The van der Waals surface area contributed by atoms with Crippen molar-refractivity contribution in [3.05, 3.63) is 35.4 Å². The number of hydrogen-bond acceptors (Lipinski definition) is 0. The van der Waals surface area contributed by atoms with Crippen LogP contribution in [0.25, 0.3) is 0 Å². The van der Waals surface area contributed by atoms with E-state index < -0.39 is 0 Å². The molecule has 0 saturated carbocycles. The Morgan fingerprint density at radius 1 is 0.800 bits per heavy atom.